The number of hydrogen-bond acceptors (Lipinski definition) is 5. The Morgan fingerprint density at radius 3 is 2.37 bits per heavy atom. The normalized spacial score (nSPS) is 13.8. The van der Waals surface area contributed by atoms with Crippen molar-refractivity contribution in [3.63, 3.8) is 0 Å². The molecule has 3 heterocycles. The van der Waals surface area contributed by atoms with E-state index in [1.165, 1.54) is 12.8 Å². The third kappa shape index (κ3) is 3.69. The van der Waals surface area contributed by atoms with E-state index in [-0.39, 0.29) is 5.91 Å². The Hall–Kier alpha value is -3.15. The van der Waals surface area contributed by atoms with Gasteiger partial charge in [0.15, 0.2) is 5.82 Å². The van der Waals surface area contributed by atoms with Crippen molar-refractivity contribution >= 4 is 17.4 Å². The lowest BCUT2D eigenvalue weighted by Crippen LogP contribution is -2.19. The lowest BCUT2D eigenvalue weighted by Gasteiger charge is -2.15. The second-order valence-corrected chi connectivity index (χ2v) is 6.83. The lowest BCUT2D eigenvalue weighted by molar-refractivity contribution is 0.102. The first kappa shape index (κ1) is 17.3. The van der Waals surface area contributed by atoms with Crippen LogP contribution in [0.3, 0.4) is 0 Å². The highest BCUT2D eigenvalue weighted by molar-refractivity contribution is 6.05. The van der Waals surface area contributed by atoms with Crippen LogP contribution in [-0.4, -0.2) is 29.2 Å². The van der Waals surface area contributed by atoms with Crippen molar-refractivity contribution in [2.45, 2.75) is 26.7 Å². The Labute approximate surface area is 158 Å². The molecule has 0 saturated carbocycles. The summed E-state index contributed by atoms with van der Waals surface area (Å²) in [6, 6.07) is 13.4. The van der Waals surface area contributed by atoms with Crippen LogP contribution in [-0.2, 0) is 0 Å². The Morgan fingerprint density at radius 2 is 1.78 bits per heavy atom. The number of anilines is 2. The molecular weight excluding hydrogens is 340 g/mol. The fourth-order valence-corrected chi connectivity index (χ4v) is 3.37. The van der Waals surface area contributed by atoms with E-state index in [1.807, 2.05) is 43.3 Å². The van der Waals surface area contributed by atoms with Crippen LogP contribution in [0.5, 0.6) is 0 Å². The van der Waals surface area contributed by atoms with Gasteiger partial charge in [-0.25, -0.2) is 0 Å². The molecule has 2 aromatic heterocycles. The third-order valence-electron chi connectivity index (χ3n) is 4.80. The first-order valence-electron chi connectivity index (χ1n) is 9.18. The summed E-state index contributed by atoms with van der Waals surface area (Å²) in [7, 11) is 0. The first-order chi connectivity index (χ1) is 13.1. The average molecular weight is 362 g/mol. The Bertz CT molecular complexity index is 939. The highest BCUT2D eigenvalue weighted by Gasteiger charge is 2.15. The predicted octanol–water partition coefficient (Wildman–Crippen LogP) is 4.21. The molecule has 0 unspecified atom stereocenters. The number of nitrogens with one attached hydrogen (secondary N) is 1. The van der Waals surface area contributed by atoms with E-state index in [9.17, 15) is 4.79 Å². The number of aromatic nitrogens is 2. The molecule has 27 heavy (non-hydrogen) atoms. The van der Waals surface area contributed by atoms with Gasteiger partial charge in [-0.05, 0) is 57.0 Å². The molecule has 3 aromatic rings. The van der Waals surface area contributed by atoms with Crippen molar-refractivity contribution in [3.8, 4) is 11.3 Å². The maximum Gasteiger partial charge on any atom is 0.259 e. The molecule has 6 nitrogen and oxygen atoms in total. The van der Waals surface area contributed by atoms with E-state index in [2.05, 4.69) is 20.4 Å². The van der Waals surface area contributed by atoms with Crippen molar-refractivity contribution in [1.29, 1.82) is 0 Å². The fourth-order valence-electron chi connectivity index (χ4n) is 3.37. The highest BCUT2D eigenvalue weighted by atomic mass is 16.3. The number of rotatable bonds is 4. The Balaban J connectivity index is 1.45. The monoisotopic (exact) mass is 362 g/mol. The Morgan fingerprint density at radius 1 is 1.04 bits per heavy atom. The van der Waals surface area contributed by atoms with E-state index >= 15 is 0 Å². The topological polar surface area (TPSA) is 71.3 Å². The predicted molar refractivity (Wildman–Crippen MR) is 105 cm³/mol. The summed E-state index contributed by atoms with van der Waals surface area (Å²) >= 11 is 0. The van der Waals surface area contributed by atoms with Crippen molar-refractivity contribution in [2.75, 3.05) is 23.3 Å². The quantitative estimate of drug-likeness (QED) is 0.753. The largest absolute Gasteiger partial charge is 0.466 e. The average Bonchev–Trinajstić information content (AvgIpc) is 3.32. The minimum atomic E-state index is -0.174. The van der Waals surface area contributed by atoms with Crippen LogP contribution in [0.15, 0.2) is 46.9 Å². The molecule has 0 spiro atoms. The molecule has 0 bridgehead atoms. The molecule has 0 atom stereocenters. The number of carbonyl (C=O) groups is 1. The molecular formula is C21H22N4O2. The van der Waals surface area contributed by atoms with Gasteiger partial charge in [0.2, 0.25) is 0 Å². The number of nitrogens with zero attached hydrogens (tertiary/aromatic N) is 3. The number of carbonyl (C=O) groups excluding carboxylic acids is 1. The van der Waals surface area contributed by atoms with E-state index in [0.717, 1.165) is 41.6 Å². The van der Waals surface area contributed by atoms with Crippen LogP contribution >= 0.6 is 0 Å². The maximum atomic E-state index is 12.4. The fraction of sp³-hybridized carbons (Fsp3) is 0.286. The second kappa shape index (κ2) is 7.23. The maximum absolute atomic E-state index is 12.4. The van der Waals surface area contributed by atoms with Crippen molar-refractivity contribution < 1.29 is 9.21 Å². The van der Waals surface area contributed by atoms with E-state index in [0.29, 0.717) is 11.3 Å². The minimum absolute atomic E-state index is 0.174. The van der Waals surface area contributed by atoms with E-state index in [4.69, 9.17) is 4.42 Å². The summed E-state index contributed by atoms with van der Waals surface area (Å²) < 4.78 is 5.42. The number of aryl methyl sites for hydroxylation is 2. The molecule has 0 aliphatic carbocycles. The van der Waals surface area contributed by atoms with Gasteiger partial charge in [0.25, 0.3) is 5.91 Å². The smallest absolute Gasteiger partial charge is 0.259 e. The molecule has 1 N–H and O–H groups in total. The lowest BCUT2D eigenvalue weighted by atomic mass is 10.1. The number of hydrogen-bond donors (Lipinski definition) is 1. The minimum Gasteiger partial charge on any atom is -0.466 e. The van der Waals surface area contributed by atoms with Gasteiger partial charge < -0.3 is 14.6 Å². The summed E-state index contributed by atoms with van der Waals surface area (Å²) in [5.41, 5.74) is 3.06. The Kier molecular flexibility index (Phi) is 4.62. The van der Waals surface area contributed by atoms with Gasteiger partial charge >= 0.3 is 0 Å². The molecule has 4 rings (SSSR count). The molecule has 0 radical (unpaired) electrons. The van der Waals surface area contributed by atoms with Crippen molar-refractivity contribution in [3.05, 3.63) is 59.5 Å². The number of furan rings is 1. The standard InChI is InChI=1S/C21H22N4O2/c1-14-13-18(15(2)27-14)21(26)22-17-7-5-16(6-8-17)19-9-10-20(24-23-19)25-11-3-4-12-25/h5-10,13H,3-4,11-12H2,1-2H3,(H,22,26). The molecule has 1 aliphatic heterocycles. The molecule has 138 valence electrons. The molecule has 1 saturated heterocycles. The van der Waals surface area contributed by atoms with Gasteiger partial charge in [-0.2, -0.15) is 0 Å². The number of amides is 1. The van der Waals surface area contributed by atoms with Gasteiger partial charge in [-0.1, -0.05) is 12.1 Å². The van der Waals surface area contributed by atoms with Crippen LogP contribution in [0, 0.1) is 13.8 Å². The summed E-state index contributed by atoms with van der Waals surface area (Å²) in [5, 5.41) is 11.6. The van der Waals surface area contributed by atoms with Gasteiger partial charge in [0.05, 0.1) is 11.3 Å². The molecule has 6 heteroatoms. The second-order valence-electron chi connectivity index (χ2n) is 6.83. The summed E-state index contributed by atoms with van der Waals surface area (Å²) in [5.74, 6) is 2.11. The SMILES string of the molecule is Cc1cc(C(=O)Nc2ccc(-c3ccc(N4CCCC4)nn3)cc2)c(C)o1. The van der Waals surface area contributed by atoms with Gasteiger partial charge in [0.1, 0.15) is 11.5 Å². The van der Waals surface area contributed by atoms with E-state index < -0.39 is 0 Å². The van der Waals surface area contributed by atoms with Crippen LogP contribution in [0.25, 0.3) is 11.3 Å². The molecule has 1 aromatic carbocycles. The zero-order valence-electron chi connectivity index (χ0n) is 15.5. The molecule has 1 fully saturated rings. The third-order valence-corrected chi connectivity index (χ3v) is 4.80. The molecule has 1 aliphatic rings. The van der Waals surface area contributed by atoms with Gasteiger partial charge in [-0.3, -0.25) is 4.79 Å². The first-order valence-corrected chi connectivity index (χ1v) is 9.18. The molecule has 1 amide bonds. The summed E-state index contributed by atoms with van der Waals surface area (Å²) in [6.45, 7) is 5.72. The van der Waals surface area contributed by atoms with E-state index in [1.54, 1.807) is 13.0 Å². The van der Waals surface area contributed by atoms with Crippen LogP contribution < -0.4 is 10.2 Å². The van der Waals surface area contributed by atoms with Crippen LogP contribution in [0.1, 0.15) is 34.7 Å². The van der Waals surface area contributed by atoms with Gasteiger partial charge in [-0.15, -0.1) is 10.2 Å². The van der Waals surface area contributed by atoms with Gasteiger partial charge in [0, 0.05) is 24.3 Å². The van der Waals surface area contributed by atoms with Crippen LogP contribution in [0.4, 0.5) is 11.5 Å². The number of benzene rings is 1. The van der Waals surface area contributed by atoms with Crippen molar-refractivity contribution in [2.24, 2.45) is 0 Å². The summed E-state index contributed by atoms with van der Waals surface area (Å²) in [4.78, 5) is 14.6. The van der Waals surface area contributed by atoms with Crippen LogP contribution in [0.2, 0.25) is 0 Å². The zero-order chi connectivity index (χ0) is 18.8. The highest BCUT2D eigenvalue weighted by Crippen LogP contribution is 2.23. The zero-order valence-corrected chi connectivity index (χ0v) is 15.5. The van der Waals surface area contributed by atoms with Crippen molar-refractivity contribution in [1.82, 2.24) is 10.2 Å². The summed E-state index contributed by atoms with van der Waals surface area (Å²) in [6.07, 6.45) is 2.43.